The van der Waals surface area contributed by atoms with Crippen molar-refractivity contribution in [1.82, 2.24) is 9.97 Å². The molecule has 0 unspecified atom stereocenters. The summed E-state index contributed by atoms with van der Waals surface area (Å²) < 4.78 is 134. The first kappa shape index (κ1) is 18.2. The summed E-state index contributed by atoms with van der Waals surface area (Å²) in [7, 11) is -6.50. The standard InChI is InChI=1S/C7HF9N2O3S/c8-5(9,10)2-1-3(18-4(17-2)6(11,12)13)21-22(19,20)7(14,15)16/h1H. The summed E-state index contributed by atoms with van der Waals surface area (Å²) in [5.74, 6) is -4.60. The molecule has 0 saturated carbocycles. The van der Waals surface area contributed by atoms with E-state index in [2.05, 4.69) is 14.2 Å². The van der Waals surface area contributed by atoms with Crippen molar-refractivity contribution in [2.75, 3.05) is 0 Å². The van der Waals surface area contributed by atoms with Gasteiger partial charge >= 0.3 is 28.0 Å². The number of rotatable bonds is 2. The Morgan fingerprint density at radius 1 is 0.864 bits per heavy atom. The summed E-state index contributed by atoms with van der Waals surface area (Å²) in [6.45, 7) is 0. The Hall–Kier alpha value is -1.80. The van der Waals surface area contributed by atoms with Crippen molar-refractivity contribution < 1.29 is 52.1 Å². The minimum absolute atomic E-state index is 0.515. The van der Waals surface area contributed by atoms with Crippen molar-refractivity contribution >= 4 is 10.1 Å². The van der Waals surface area contributed by atoms with Crippen LogP contribution in [0.1, 0.15) is 11.5 Å². The zero-order valence-corrected chi connectivity index (χ0v) is 10.3. The molecule has 0 amide bonds. The van der Waals surface area contributed by atoms with E-state index < -0.39 is 51.4 Å². The lowest BCUT2D eigenvalue weighted by molar-refractivity contribution is -0.153. The highest BCUT2D eigenvalue weighted by molar-refractivity contribution is 7.87. The second kappa shape index (κ2) is 5.13. The molecule has 1 rings (SSSR count). The van der Waals surface area contributed by atoms with E-state index in [1.807, 2.05) is 0 Å². The van der Waals surface area contributed by atoms with Gasteiger partial charge in [-0.3, -0.25) is 0 Å². The molecule has 0 fully saturated rings. The fourth-order valence-corrected chi connectivity index (χ4v) is 1.30. The van der Waals surface area contributed by atoms with Crippen LogP contribution in [0.3, 0.4) is 0 Å². The van der Waals surface area contributed by atoms with E-state index in [1.165, 1.54) is 0 Å². The Kier molecular flexibility index (Phi) is 4.26. The highest BCUT2D eigenvalue weighted by Gasteiger charge is 2.49. The molecule has 0 radical (unpaired) electrons. The van der Waals surface area contributed by atoms with Crippen molar-refractivity contribution in [3.8, 4) is 5.88 Å². The number of aromatic nitrogens is 2. The van der Waals surface area contributed by atoms with Gasteiger partial charge in [0.15, 0.2) is 5.69 Å². The first-order valence-electron chi connectivity index (χ1n) is 4.58. The van der Waals surface area contributed by atoms with Gasteiger partial charge in [0.25, 0.3) is 0 Å². The Bertz CT molecular complexity index is 629. The minimum atomic E-state index is -6.50. The zero-order chi connectivity index (χ0) is 17.6. The molecule has 126 valence electrons. The number of nitrogens with zero attached hydrogens (tertiary/aromatic N) is 2. The molecule has 0 aliphatic carbocycles. The first-order chi connectivity index (χ1) is 9.54. The smallest absolute Gasteiger partial charge is 0.355 e. The zero-order valence-electron chi connectivity index (χ0n) is 9.51. The van der Waals surface area contributed by atoms with Crippen molar-refractivity contribution in [3.05, 3.63) is 17.6 Å². The molecule has 15 heteroatoms. The van der Waals surface area contributed by atoms with E-state index in [-0.39, 0.29) is 0 Å². The van der Waals surface area contributed by atoms with Gasteiger partial charge in [-0.1, -0.05) is 0 Å². The largest absolute Gasteiger partial charge is 0.534 e. The topological polar surface area (TPSA) is 69.2 Å². The number of hydrogen-bond donors (Lipinski definition) is 0. The van der Waals surface area contributed by atoms with Gasteiger partial charge in [0.1, 0.15) is 0 Å². The predicted molar refractivity (Wildman–Crippen MR) is 47.6 cm³/mol. The normalized spacial score (nSPS) is 14.0. The van der Waals surface area contributed by atoms with E-state index in [1.54, 1.807) is 0 Å². The van der Waals surface area contributed by atoms with E-state index in [9.17, 15) is 47.9 Å². The van der Waals surface area contributed by atoms with Crippen LogP contribution in [0.25, 0.3) is 0 Å². The van der Waals surface area contributed by atoms with E-state index in [4.69, 9.17) is 0 Å². The first-order valence-corrected chi connectivity index (χ1v) is 5.99. The summed E-state index contributed by atoms with van der Waals surface area (Å²) in [6.07, 6.45) is -11.1. The van der Waals surface area contributed by atoms with Gasteiger partial charge in [0.2, 0.25) is 11.7 Å². The van der Waals surface area contributed by atoms with Crippen LogP contribution in [-0.4, -0.2) is 23.9 Å². The highest BCUT2D eigenvalue weighted by atomic mass is 32.2. The second-order valence-corrected chi connectivity index (χ2v) is 4.93. The fraction of sp³-hybridized carbons (Fsp3) is 0.429. The summed E-state index contributed by atoms with van der Waals surface area (Å²) in [5, 5.41) is 0. The third-order valence-electron chi connectivity index (χ3n) is 1.73. The minimum Gasteiger partial charge on any atom is -0.355 e. The summed E-state index contributed by atoms with van der Waals surface area (Å²) in [5.41, 5.74) is -8.41. The Morgan fingerprint density at radius 3 is 1.73 bits per heavy atom. The van der Waals surface area contributed by atoms with Crippen LogP contribution < -0.4 is 4.18 Å². The molecule has 5 nitrogen and oxygen atoms in total. The van der Waals surface area contributed by atoms with Crippen LogP contribution in [0, 0.1) is 0 Å². The molecule has 0 bridgehead atoms. The lowest BCUT2D eigenvalue weighted by Crippen LogP contribution is -2.29. The third kappa shape index (κ3) is 4.11. The van der Waals surface area contributed by atoms with E-state index in [0.717, 1.165) is 0 Å². The second-order valence-electron chi connectivity index (χ2n) is 3.39. The molecule has 0 saturated heterocycles. The molecular weight excluding hydrogens is 363 g/mol. The molecule has 0 spiro atoms. The molecule has 0 N–H and O–H groups in total. The van der Waals surface area contributed by atoms with Crippen molar-refractivity contribution in [2.24, 2.45) is 0 Å². The molecule has 22 heavy (non-hydrogen) atoms. The van der Waals surface area contributed by atoms with E-state index in [0.29, 0.717) is 0 Å². The third-order valence-corrected chi connectivity index (χ3v) is 2.68. The van der Waals surface area contributed by atoms with Crippen LogP contribution >= 0.6 is 0 Å². The van der Waals surface area contributed by atoms with Crippen LogP contribution in [-0.2, 0) is 22.5 Å². The van der Waals surface area contributed by atoms with Gasteiger partial charge in [-0.15, -0.1) is 0 Å². The van der Waals surface area contributed by atoms with Gasteiger partial charge in [-0.25, -0.2) is 4.98 Å². The Labute approximate surface area is 114 Å². The average Bonchev–Trinajstić information content (AvgIpc) is 2.23. The monoisotopic (exact) mass is 364 g/mol. The van der Waals surface area contributed by atoms with Gasteiger partial charge in [-0.2, -0.15) is 52.9 Å². The van der Waals surface area contributed by atoms with Gasteiger partial charge in [0.05, 0.1) is 0 Å². The molecular formula is C7HF9N2O3S. The number of hydrogen-bond acceptors (Lipinski definition) is 5. The predicted octanol–water partition coefficient (Wildman–Crippen LogP) is 2.74. The van der Waals surface area contributed by atoms with Crippen molar-refractivity contribution in [3.63, 3.8) is 0 Å². The Morgan fingerprint density at radius 2 is 1.36 bits per heavy atom. The van der Waals surface area contributed by atoms with Crippen molar-refractivity contribution in [1.29, 1.82) is 0 Å². The van der Waals surface area contributed by atoms with E-state index >= 15 is 0 Å². The average molecular weight is 364 g/mol. The SMILES string of the molecule is O=S(=O)(Oc1cc(C(F)(F)F)nc(C(F)(F)F)n1)C(F)(F)F. The van der Waals surface area contributed by atoms with Crippen LogP contribution in [0.2, 0.25) is 0 Å². The maximum absolute atomic E-state index is 12.3. The lowest BCUT2D eigenvalue weighted by Gasteiger charge is -2.13. The van der Waals surface area contributed by atoms with Gasteiger partial charge in [0, 0.05) is 6.07 Å². The van der Waals surface area contributed by atoms with Gasteiger partial charge < -0.3 is 4.18 Å². The van der Waals surface area contributed by atoms with Crippen LogP contribution in [0.4, 0.5) is 39.5 Å². The molecule has 0 aliphatic rings. The molecule has 0 aromatic carbocycles. The number of halogens is 9. The molecule has 1 aromatic rings. The highest BCUT2D eigenvalue weighted by Crippen LogP contribution is 2.35. The fourth-order valence-electron chi connectivity index (χ4n) is 0.899. The summed E-state index contributed by atoms with van der Waals surface area (Å²) in [4.78, 5) is 4.23. The van der Waals surface area contributed by atoms with Crippen molar-refractivity contribution in [2.45, 2.75) is 17.9 Å². The summed E-state index contributed by atoms with van der Waals surface area (Å²) >= 11 is 0. The molecule has 0 atom stereocenters. The van der Waals surface area contributed by atoms with Crippen LogP contribution in [0.5, 0.6) is 5.88 Å². The molecule has 1 heterocycles. The maximum Gasteiger partial charge on any atom is 0.534 e. The number of alkyl halides is 9. The van der Waals surface area contributed by atoms with Gasteiger partial charge in [-0.05, 0) is 0 Å². The van der Waals surface area contributed by atoms with Crippen LogP contribution in [0.15, 0.2) is 6.07 Å². The maximum atomic E-state index is 12.3. The molecule has 0 aliphatic heterocycles. The Balaban J connectivity index is 3.44. The summed E-state index contributed by atoms with van der Waals surface area (Å²) in [6, 6.07) is -0.515. The molecule has 1 aromatic heterocycles. The quantitative estimate of drug-likeness (QED) is 0.459. The lowest BCUT2D eigenvalue weighted by atomic mass is 10.4.